The molecule has 0 saturated heterocycles. The Balaban J connectivity index is 2.16. The van der Waals surface area contributed by atoms with Crippen molar-refractivity contribution in [3.05, 3.63) is 30.9 Å². The van der Waals surface area contributed by atoms with Crippen molar-refractivity contribution in [1.82, 2.24) is 0 Å². The van der Waals surface area contributed by atoms with Gasteiger partial charge in [-0.15, -0.1) is 18.3 Å². The van der Waals surface area contributed by atoms with E-state index in [-0.39, 0.29) is 0 Å². The molecule has 0 bridgehead atoms. The number of benzene rings is 1. The molecule has 13 heavy (non-hydrogen) atoms. The van der Waals surface area contributed by atoms with Gasteiger partial charge in [0.05, 0.1) is 0 Å². The molecule has 0 N–H and O–H groups in total. The predicted molar refractivity (Wildman–Crippen MR) is 53.5 cm³/mol. The topological polar surface area (TPSA) is 18.5 Å². The Morgan fingerprint density at radius 3 is 3.08 bits per heavy atom. The van der Waals surface area contributed by atoms with Crippen molar-refractivity contribution in [2.45, 2.75) is 4.90 Å². The summed E-state index contributed by atoms with van der Waals surface area (Å²) in [5, 5.41) is 0. The van der Waals surface area contributed by atoms with Gasteiger partial charge in [0, 0.05) is 10.6 Å². The quantitative estimate of drug-likeness (QED) is 0.544. The summed E-state index contributed by atoms with van der Waals surface area (Å²) in [6.45, 7) is 4.01. The zero-order valence-electron chi connectivity index (χ0n) is 7.16. The van der Waals surface area contributed by atoms with Gasteiger partial charge in [0.2, 0.25) is 6.79 Å². The zero-order valence-corrected chi connectivity index (χ0v) is 7.97. The highest BCUT2D eigenvalue weighted by Gasteiger charge is 2.12. The first-order valence-corrected chi connectivity index (χ1v) is 5.02. The molecule has 0 saturated carbocycles. The van der Waals surface area contributed by atoms with Crippen molar-refractivity contribution in [2.75, 3.05) is 12.5 Å². The molecular weight excluding hydrogens is 184 g/mol. The predicted octanol–water partition coefficient (Wildman–Crippen LogP) is 2.69. The molecule has 2 rings (SSSR count). The summed E-state index contributed by atoms with van der Waals surface area (Å²) in [7, 11) is 0. The van der Waals surface area contributed by atoms with Gasteiger partial charge in [0.15, 0.2) is 11.5 Å². The SMILES string of the molecule is C=CCSc1ccc2c(c1)OCO2. The maximum Gasteiger partial charge on any atom is 0.231 e. The first-order chi connectivity index (χ1) is 6.40. The van der Waals surface area contributed by atoms with Gasteiger partial charge in [-0.05, 0) is 18.2 Å². The highest BCUT2D eigenvalue weighted by Crippen LogP contribution is 2.35. The molecule has 1 aromatic carbocycles. The summed E-state index contributed by atoms with van der Waals surface area (Å²) in [5.41, 5.74) is 0. The Kier molecular flexibility index (Phi) is 2.45. The van der Waals surface area contributed by atoms with Crippen molar-refractivity contribution in [2.24, 2.45) is 0 Å². The van der Waals surface area contributed by atoms with Crippen LogP contribution in [0.5, 0.6) is 11.5 Å². The van der Waals surface area contributed by atoms with Crippen molar-refractivity contribution in [3.8, 4) is 11.5 Å². The Morgan fingerprint density at radius 1 is 1.38 bits per heavy atom. The van der Waals surface area contributed by atoms with Crippen LogP contribution in [0.25, 0.3) is 0 Å². The molecule has 0 atom stereocenters. The molecule has 0 aliphatic carbocycles. The van der Waals surface area contributed by atoms with E-state index < -0.39 is 0 Å². The molecule has 1 aromatic rings. The van der Waals surface area contributed by atoms with Crippen LogP contribution in [0.3, 0.4) is 0 Å². The largest absolute Gasteiger partial charge is 0.454 e. The third-order valence-electron chi connectivity index (χ3n) is 1.71. The maximum absolute atomic E-state index is 5.26. The van der Waals surface area contributed by atoms with E-state index >= 15 is 0 Å². The van der Waals surface area contributed by atoms with Crippen LogP contribution in [0.2, 0.25) is 0 Å². The summed E-state index contributed by atoms with van der Waals surface area (Å²) >= 11 is 1.73. The molecule has 1 aliphatic heterocycles. The maximum atomic E-state index is 5.26. The fourth-order valence-electron chi connectivity index (χ4n) is 1.12. The summed E-state index contributed by atoms with van der Waals surface area (Å²) in [6.07, 6.45) is 1.88. The minimum atomic E-state index is 0.338. The van der Waals surface area contributed by atoms with E-state index in [4.69, 9.17) is 9.47 Å². The third-order valence-corrected chi connectivity index (χ3v) is 2.70. The second kappa shape index (κ2) is 3.75. The van der Waals surface area contributed by atoms with Gasteiger partial charge in [0.1, 0.15) is 0 Å². The molecular formula is C10H10O2S. The highest BCUT2D eigenvalue weighted by atomic mass is 32.2. The van der Waals surface area contributed by atoms with Crippen LogP contribution in [0, 0.1) is 0 Å². The summed E-state index contributed by atoms with van der Waals surface area (Å²) in [5.74, 6) is 2.59. The molecule has 3 heteroatoms. The third kappa shape index (κ3) is 1.80. The smallest absolute Gasteiger partial charge is 0.231 e. The lowest BCUT2D eigenvalue weighted by Crippen LogP contribution is -1.92. The molecule has 1 heterocycles. The minimum absolute atomic E-state index is 0.338. The second-order valence-corrected chi connectivity index (χ2v) is 3.71. The van der Waals surface area contributed by atoms with Crippen LogP contribution in [0.15, 0.2) is 35.7 Å². The van der Waals surface area contributed by atoms with Crippen LogP contribution in [-0.2, 0) is 0 Å². The number of rotatable bonds is 3. The lowest BCUT2D eigenvalue weighted by Gasteiger charge is -1.99. The van der Waals surface area contributed by atoms with E-state index in [1.54, 1.807) is 11.8 Å². The van der Waals surface area contributed by atoms with Crippen LogP contribution in [-0.4, -0.2) is 12.5 Å². The lowest BCUT2D eigenvalue weighted by atomic mass is 10.3. The monoisotopic (exact) mass is 194 g/mol. The molecule has 0 amide bonds. The number of fused-ring (bicyclic) bond motifs is 1. The van der Waals surface area contributed by atoms with Gasteiger partial charge in [0.25, 0.3) is 0 Å². The number of thioether (sulfide) groups is 1. The van der Waals surface area contributed by atoms with Crippen molar-refractivity contribution >= 4 is 11.8 Å². The molecule has 0 unspecified atom stereocenters. The van der Waals surface area contributed by atoms with Gasteiger partial charge >= 0.3 is 0 Å². The second-order valence-electron chi connectivity index (χ2n) is 2.61. The Bertz CT molecular complexity index is 323. The van der Waals surface area contributed by atoms with Gasteiger partial charge in [-0.1, -0.05) is 6.08 Å². The van der Waals surface area contributed by atoms with Crippen molar-refractivity contribution in [3.63, 3.8) is 0 Å². The van der Waals surface area contributed by atoms with Crippen LogP contribution >= 0.6 is 11.8 Å². The lowest BCUT2D eigenvalue weighted by molar-refractivity contribution is 0.174. The van der Waals surface area contributed by atoms with E-state index in [2.05, 4.69) is 6.58 Å². The fourth-order valence-corrected chi connectivity index (χ4v) is 1.79. The zero-order chi connectivity index (χ0) is 9.10. The molecule has 0 spiro atoms. The van der Waals surface area contributed by atoms with Crippen LogP contribution in [0.1, 0.15) is 0 Å². The normalized spacial score (nSPS) is 12.9. The standard InChI is InChI=1S/C10H10O2S/c1-2-5-13-8-3-4-9-10(6-8)12-7-11-9/h2-4,6H,1,5,7H2. The van der Waals surface area contributed by atoms with E-state index in [9.17, 15) is 0 Å². The van der Waals surface area contributed by atoms with Gasteiger partial charge in [-0.2, -0.15) is 0 Å². The van der Waals surface area contributed by atoms with E-state index in [0.717, 1.165) is 17.3 Å². The highest BCUT2D eigenvalue weighted by molar-refractivity contribution is 7.99. The Morgan fingerprint density at radius 2 is 2.23 bits per heavy atom. The molecule has 68 valence electrons. The van der Waals surface area contributed by atoms with Crippen LogP contribution < -0.4 is 9.47 Å². The minimum Gasteiger partial charge on any atom is -0.454 e. The summed E-state index contributed by atoms with van der Waals surface area (Å²) in [6, 6.07) is 5.96. The number of ether oxygens (including phenoxy) is 2. The average molecular weight is 194 g/mol. The molecule has 0 aromatic heterocycles. The average Bonchev–Trinajstić information content (AvgIpc) is 2.61. The molecule has 2 nitrogen and oxygen atoms in total. The first-order valence-electron chi connectivity index (χ1n) is 4.03. The first kappa shape index (κ1) is 8.51. The van der Waals surface area contributed by atoms with Gasteiger partial charge in [-0.25, -0.2) is 0 Å². The van der Waals surface area contributed by atoms with Crippen molar-refractivity contribution < 1.29 is 9.47 Å². The van der Waals surface area contributed by atoms with E-state index in [1.807, 2.05) is 24.3 Å². The van der Waals surface area contributed by atoms with E-state index in [1.165, 1.54) is 4.90 Å². The Labute approximate surface area is 81.5 Å². The number of hydrogen-bond acceptors (Lipinski definition) is 3. The van der Waals surface area contributed by atoms with Crippen LogP contribution in [0.4, 0.5) is 0 Å². The fraction of sp³-hybridized carbons (Fsp3) is 0.200. The Hall–Kier alpha value is -1.09. The molecule has 0 radical (unpaired) electrons. The van der Waals surface area contributed by atoms with Gasteiger partial charge < -0.3 is 9.47 Å². The number of hydrogen-bond donors (Lipinski definition) is 0. The van der Waals surface area contributed by atoms with Crippen molar-refractivity contribution in [1.29, 1.82) is 0 Å². The molecule has 0 fully saturated rings. The van der Waals surface area contributed by atoms with Gasteiger partial charge in [-0.3, -0.25) is 0 Å². The molecule has 1 aliphatic rings. The summed E-state index contributed by atoms with van der Waals surface area (Å²) < 4.78 is 10.5. The van der Waals surface area contributed by atoms with E-state index in [0.29, 0.717) is 6.79 Å². The summed E-state index contributed by atoms with van der Waals surface area (Å²) in [4.78, 5) is 1.18.